The van der Waals surface area contributed by atoms with E-state index >= 15 is 0 Å². The molecule has 6 heteroatoms. The van der Waals surface area contributed by atoms with Crippen molar-refractivity contribution in [3.05, 3.63) is 33.5 Å². The summed E-state index contributed by atoms with van der Waals surface area (Å²) in [6.07, 6.45) is 1.80. The second-order valence-electron chi connectivity index (χ2n) is 2.97. The quantitative estimate of drug-likeness (QED) is 0.737. The molecule has 0 radical (unpaired) electrons. The summed E-state index contributed by atoms with van der Waals surface area (Å²) in [5.74, 6) is 0. The third kappa shape index (κ3) is 2.09. The lowest BCUT2D eigenvalue weighted by Crippen LogP contribution is -1.91. The average Bonchev–Trinajstić information content (AvgIpc) is 2.58. The lowest BCUT2D eigenvalue weighted by atomic mass is 10.3. The normalized spacial score (nSPS) is 10.7. The zero-order valence-corrected chi connectivity index (χ0v) is 9.98. The van der Waals surface area contributed by atoms with Gasteiger partial charge in [-0.1, -0.05) is 34.8 Å². The lowest BCUT2D eigenvalue weighted by Gasteiger charge is -2.02. The van der Waals surface area contributed by atoms with Crippen LogP contribution < -0.4 is 0 Å². The van der Waals surface area contributed by atoms with Crippen LogP contribution in [0.15, 0.2) is 18.3 Å². The molecule has 2 aromatic rings. The molecule has 0 aliphatic carbocycles. The molecule has 0 amide bonds. The zero-order valence-electron chi connectivity index (χ0n) is 7.71. The molecular formula is C9H6Cl3N3. The van der Waals surface area contributed by atoms with Gasteiger partial charge in [0.15, 0.2) is 0 Å². The van der Waals surface area contributed by atoms with E-state index < -0.39 is 0 Å². The van der Waals surface area contributed by atoms with Crippen molar-refractivity contribution in [3.63, 3.8) is 0 Å². The Morgan fingerprint density at radius 2 is 1.93 bits per heavy atom. The van der Waals surface area contributed by atoms with Crippen LogP contribution in [0.1, 0.15) is 0 Å². The Balaban J connectivity index is 2.58. The maximum Gasteiger partial charge on any atom is 0.148 e. The van der Waals surface area contributed by atoms with Crippen LogP contribution in [0.2, 0.25) is 15.2 Å². The molecule has 15 heavy (non-hydrogen) atoms. The number of rotatable bonds is 1. The van der Waals surface area contributed by atoms with Crippen molar-refractivity contribution in [2.45, 2.75) is 0 Å². The minimum absolute atomic E-state index is 0.224. The molecule has 0 spiro atoms. The van der Waals surface area contributed by atoms with E-state index in [-0.39, 0.29) is 5.15 Å². The number of aryl methyl sites for hydroxylation is 1. The molecule has 3 nitrogen and oxygen atoms in total. The maximum absolute atomic E-state index is 5.99. The van der Waals surface area contributed by atoms with Gasteiger partial charge in [-0.25, -0.2) is 4.98 Å². The molecule has 0 fully saturated rings. The number of hydrogen-bond donors (Lipinski definition) is 0. The number of hydrogen-bond acceptors (Lipinski definition) is 2. The summed E-state index contributed by atoms with van der Waals surface area (Å²) in [4.78, 5) is 4.08. The Bertz CT molecular complexity index is 507. The Kier molecular flexibility index (Phi) is 2.87. The third-order valence-corrected chi connectivity index (χ3v) is 2.80. The minimum atomic E-state index is 0.224. The van der Waals surface area contributed by atoms with Crippen molar-refractivity contribution < 1.29 is 0 Å². The number of aromatic nitrogens is 3. The summed E-state index contributed by atoms with van der Waals surface area (Å²) in [7, 11) is 1.81. The SMILES string of the molecule is Cn1ccc(-c2nc(Cl)c(Cl)cc2Cl)n1. The Morgan fingerprint density at radius 3 is 2.53 bits per heavy atom. The highest BCUT2D eigenvalue weighted by molar-refractivity contribution is 6.42. The van der Waals surface area contributed by atoms with Gasteiger partial charge >= 0.3 is 0 Å². The first kappa shape index (κ1) is 10.7. The molecule has 0 N–H and O–H groups in total. The summed E-state index contributed by atoms with van der Waals surface area (Å²) < 4.78 is 1.66. The smallest absolute Gasteiger partial charge is 0.148 e. The van der Waals surface area contributed by atoms with Gasteiger partial charge < -0.3 is 0 Å². The first-order valence-corrected chi connectivity index (χ1v) is 5.23. The van der Waals surface area contributed by atoms with E-state index in [0.717, 1.165) is 0 Å². The number of halogens is 3. The molecule has 0 aliphatic rings. The van der Waals surface area contributed by atoms with Crippen LogP contribution >= 0.6 is 34.8 Å². The van der Waals surface area contributed by atoms with Gasteiger partial charge in [-0.3, -0.25) is 4.68 Å². The van der Waals surface area contributed by atoms with Crippen LogP contribution in [0.3, 0.4) is 0 Å². The molecule has 0 aliphatic heterocycles. The molecule has 0 aromatic carbocycles. The predicted molar refractivity (Wildman–Crippen MR) is 61.5 cm³/mol. The van der Waals surface area contributed by atoms with Crippen molar-refractivity contribution in [2.24, 2.45) is 7.05 Å². The van der Waals surface area contributed by atoms with Gasteiger partial charge in [0.05, 0.1) is 10.0 Å². The molecule has 0 unspecified atom stereocenters. The van der Waals surface area contributed by atoms with Crippen LogP contribution in [0.4, 0.5) is 0 Å². The van der Waals surface area contributed by atoms with E-state index in [1.165, 1.54) is 0 Å². The fraction of sp³-hybridized carbons (Fsp3) is 0.111. The van der Waals surface area contributed by atoms with Gasteiger partial charge in [-0.2, -0.15) is 5.10 Å². The highest BCUT2D eigenvalue weighted by atomic mass is 35.5. The van der Waals surface area contributed by atoms with Crippen LogP contribution in [-0.2, 0) is 7.05 Å². The van der Waals surface area contributed by atoms with E-state index in [0.29, 0.717) is 21.4 Å². The summed E-state index contributed by atoms with van der Waals surface area (Å²) in [5, 5.41) is 5.17. The van der Waals surface area contributed by atoms with Crippen molar-refractivity contribution in [2.75, 3.05) is 0 Å². The number of pyridine rings is 1. The van der Waals surface area contributed by atoms with E-state index in [2.05, 4.69) is 10.1 Å². The topological polar surface area (TPSA) is 30.7 Å². The molecule has 2 heterocycles. The summed E-state index contributed by atoms with van der Waals surface area (Å²) in [6, 6.07) is 3.36. The Morgan fingerprint density at radius 1 is 1.20 bits per heavy atom. The van der Waals surface area contributed by atoms with Crippen LogP contribution in [-0.4, -0.2) is 14.8 Å². The van der Waals surface area contributed by atoms with Gasteiger partial charge in [0, 0.05) is 13.2 Å². The zero-order chi connectivity index (χ0) is 11.0. The monoisotopic (exact) mass is 261 g/mol. The number of nitrogens with zero attached hydrogens (tertiary/aromatic N) is 3. The van der Waals surface area contributed by atoms with Crippen LogP contribution in [0.5, 0.6) is 0 Å². The van der Waals surface area contributed by atoms with Crippen molar-refractivity contribution in [1.29, 1.82) is 0 Å². The van der Waals surface area contributed by atoms with Gasteiger partial charge in [0.25, 0.3) is 0 Å². The van der Waals surface area contributed by atoms with Crippen molar-refractivity contribution in [3.8, 4) is 11.4 Å². The predicted octanol–water partition coefficient (Wildman–Crippen LogP) is 3.44. The highest BCUT2D eigenvalue weighted by Crippen LogP contribution is 2.31. The molecule has 0 bridgehead atoms. The average molecular weight is 263 g/mol. The van der Waals surface area contributed by atoms with Crippen molar-refractivity contribution in [1.82, 2.24) is 14.8 Å². The Labute approximate surface area is 102 Å². The second kappa shape index (κ2) is 4.00. The van der Waals surface area contributed by atoms with E-state index in [4.69, 9.17) is 34.8 Å². The van der Waals surface area contributed by atoms with Gasteiger partial charge in [0.1, 0.15) is 16.5 Å². The summed E-state index contributed by atoms with van der Waals surface area (Å²) in [5.41, 5.74) is 1.20. The molecule has 2 aromatic heterocycles. The van der Waals surface area contributed by atoms with Crippen molar-refractivity contribution >= 4 is 34.8 Å². The second-order valence-corrected chi connectivity index (χ2v) is 4.14. The van der Waals surface area contributed by atoms with Crippen LogP contribution in [0, 0.1) is 0 Å². The highest BCUT2D eigenvalue weighted by Gasteiger charge is 2.11. The standard InChI is InChI=1S/C9H6Cl3N3/c1-15-3-2-7(14-15)8-5(10)4-6(11)9(12)13-8/h2-4H,1H3. The fourth-order valence-corrected chi connectivity index (χ4v) is 1.76. The lowest BCUT2D eigenvalue weighted by molar-refractivity contribution is 0.770. The molecule has 0 atom stereocenters. The van der Waals surface area contributed by atoms with E-state index in [1.54, 1.807) is 23.0 Å². The summed E-state index contributed by atoms with van der Waals surface area (Å²) >= 11 is 17.6. The molecule has 0 saturated heterocycles. The summed E-state index contributed by atoms with van der Waals surface area (Å²) in [6.45, 7) is 0. The Hall–Kier alpha value is -0.770. The first-order valence-electron chi connectivity index (χ1n) is 4.09. The van der Waals surface area contributed by atoms with E-state index in [9.17, 15) is 0 Å². The maximum atomic E-state index is 5.99. The molecule has 78 valence electrons. The molecule has 2 rings (SSSR count). The third-order valence-electron chi connectivity index (χ3n) is 1.84. The molecule has 0 saturated carbocycles. The van der Waals surface area contributed by atoms with Gasteiger partial charge in [-0.05, 0) is 12.1 Å². The van der Waals surface area contributed by atoms with E-state index in [1.807, 2.05) is 7.05 Å². The van der Waals surface area contributed by atoms with Crippen LogP contribution in [0.25, 0.3) is 11.4 Å². The van der Waals surface area contributed by atoms with Gasteiger partial charge in [-0.15, -0.1) is 0 Å². The fourth-order valence-electron chi connectivity index (χ4n) is 1.17. The largest absolute Gasteiger partial charge is 0.275 e. The molecular weight excluding hydrogens is 256 g/mol. The first-order chi connectivity index (χ1) is 7.08. The minimum Gasteiger partial charge on any atom is -0.275 e. The van der Waals surface area contributed by atoms with Gasteiger partial charge in [0.2, 0.25) is 0 Å².